The van der Waals surface area contributed by atoms with Crippen LogP contribution < -0.4 is 5.73 Å². The predicted octanol–water partition coefficient (Wildman–Crippen LogP) is 1.25. The topological polar surface area (TPSA) is 62.9 Å². The molecule has 1 rings (SSSR count). The van der Waals surface area contributed by atoms with Gasteiger partial charge < -0.3 is 10.6 Å². The molecule has 0 radical (unpaired) electrons. The quantitative estimate of drug-likeness (QED) is 0.746. The van der Waals surface area contributed by atoms with Crippen molar-refractivity contribution in [3.8, 4) is 0 Å². The largest absolute Gasteiger partial charge is 0.368 e. The van der Waals surface area contributed by atoms with Gasteiger partial charge in [0.05, 0.1) is 0 Å². The van der Waals surface area contributed by atoms with Gasteiger partial charge in [0.1, 0.15) is 0 Å². The van der Waals surface area contributed by atoms with Crippen molar-refractivity contribution in [1.82, 2.24) is 19.7 Å². The Balaban J connectivity index is 2.54. The lowest BCUT2D eigenvalue weighted by atomic mass is 10.2. The number of hydrogen-bond acceptors (Lipinski definition) is 4. The Morgan fingerprint density at radius 1 is 1.67 bits per heavy atom. The molecule has 3 N–H and O–H groups in total. The highest BCUT2D eigenvalue weighted by Gasteiger charge is 2.08. The van der Waals surface area contributed by atoms with E-state index in [1.807, 2.05) is 4.57 Å². The Morgan fingerprint density at radius 2 is 2.33 bits per heavy atom. The molecule has 1 unspecified atom stereocenters. The molecule has 1 aromatic heterocycles. The van der Waals surface area contributed by atoms with Gasteiger partial charge in [-0.05, 0) is 32.6 Å². The van der Waals surface area contributed by atoms with Gasteiger partial charge >= 0.3 is 0 Å². The van der Waals surface area contributed by atoms with E-state index >= 15 is 0 Å². The molecule has 0 fully saturated rings. The van der Waals surface area contributed by atoms with Crippen LogP contribution in [0.3, 0.4) is 0 Å². The first-order valence-corrected chi connectivity index (χ1v) is 5.58. The molecule has 1 aromatic rings. The number of H-pyrrole nitrogens is 1. The first kappa shape index (κ1) is 12.2. The normalized spacial score (nSPS) is 13.3. The Kier molecular flexibility index (Phi) is 4.28. The molecule has 0 aliphatic rings. The lowest BCUT2D eigenvalue weighted by molar-refractivity contribution is 0.242. The van der Waals surface area contributed by atoms with Gasteiger partial charge in [-0.3, -0.25) is 4.57 Å². The summed E-state index contributed by atoms with van der Waals surface area (Å²) in [6.45, 7) is 6.09. The SMILES string of the molecule is CCC(C)N(C)CCn1c(N)n[nH]c1=S. The van der Waals surface area contributed by atoms with Crippen LogP contribution in [0.1, 0.15) is 20.3 Å². The highest BCUT2D eigenvalue weighted by molar-refractivity contribution is 7.71. The number of nitrogens with one attached hydrogen (secondary N) is 1. The summed E-state index contributed by atoms with van der Waals surface area (Å²) >= 11 is 5.07. The van der Waals surface area contributed by atoms with Crippen LogP contribution in [0.25, 0.3) is 0 Å². The van der Waals surface area contributed by atoms with Gasteiger partial charge in [0.15, 0.2) is 4.77 Å². The zero-order valence-corrected chi connectivity index (χ0v) is 10.3. The van der Waals surface area contributed by atoms with Crippen molar-refractivity contribution in [2.45, 2.75) is 32.9 Å². The van der Waals surface area contributed by atoms with Crippen molar-refractivity contribution < 1.29 is 0 Å². The van der Waals surface area contributed by atoms with Gasteiger partial charge in [0, 0.05) is 19.1 Å². The maximum Gasteiger partial charge on any atom is 0.220 e. The molecule has 1 heterocycles. The van der Waals surface area contributed by atoms with Gasteiger partial charge in [-0.25, -0.2) is 5.10 Å². The molecule has 0 spiro atoms. The fraction of sp³-hybridized carbons (Fsp3) is 0.778. The monoisotopic (exact) mass is 229 g/mol. The average Bonchev–Trinajstić information content (AvgIpc) is 2.54. The van der Waals surface area contributed by atoms with Crippen LogP contribution in [0.2, 0.25) is 0 Å². The summed E-state index contributed by atoms with van der Waals surface area (Å²) in [5, 5.41) is 6.54. The van der Waals surface area contributed by atoms with Gasteiger partial charge in [0.2, 0.25) is 5.95 Å². The minimum atomic E-state index is 0.456. The molecule has 0 aliphatic heterocycles. The number of likely N-dealkylation sites (N-methyl/N-ethyl adjacent to an activating group) is 1. The van der Waals surface area contributed by atoms with Crippen molar-refractivity contribution >= 4 is 18.2 Å². The third-order valence-electron chi connectivity index (χ3n) is 2.81. The van der Waals surface area contributed by atoms with Gasteiger partial charge in [-0.2, -0.15) is 0 Å². The Labute approximate surface area is 95.3 Å². The number of anilines is 1. The standard InChI is InChI=1S/C9H19N5S/c1-4-7(2)13(3)5-6-14-8(10)11-12-9(14)15/h7H,4-6H2,1-3H3,(H2,10,11)(H,12,15). The van der Waals surface area contributed by atoms with E-state index in [1.54, 1.807) is 0 Å². The number of rotatable bonds is 5. The molecule has 0 saturated carbocycles. The summed E-state index contributed by atoms with van der Waals surface area (Å²) in [4.78, 5) is 2.29. The van der Waals surface area contributed by atoms with E-state index in [2.05, 4.69) is 36.0 Å². The van der Waals surface area contributed by atoms with Crippen molar-refractivity contribution in [3.63, 3.8) is 0 Å². The fourth-order valence-corrected chi connectivity index (χ4v) is 1.57. The number of nitrogen functional groups attached to an aromatic ring is 1. The van der Waals surface area contributed by atoms with Crippen molar-refractivity contribution in [3.05, 3.63) is 4.77 Å². The zero-order valence-electron chi connectivity index (χ0n) is 9.53. The summed E-state index contributed by atoms with van der Waals surface area (Å²) in [5.41, 5.74) is 5.67. The lowest BCUT2D eigenvalue weighted by Crippen LogP contribution is -2.31. The molecule has 0 saturated heterocycles. The van der Waals surface area contributed by atoms with Crippen LogP contribution in [-0.2, 0) is 6.54 Å². The summed E-state index contributed by atoms with van der Waals surface area (Å²) in [5.74, 6) is 0.456. The summed E-state index contributed by atoms with van der Waals surface area (Å²) in [7, 11) is 2.11. The number of nitrogens with two attached hydrogens (primary N) is 1. The third kappa shape index (κ3) is 3.04. The first-order chi connectivity index (χ1) is 7.06. The summed E-state index contributed by atoms with van der Waals surface area (Å²) in [6, 6.07) is 0.576. The second-order valence-electron chi connectivity index (χ2n) is 3.78. The second-order valence-corrected chi connectivity index (χ2v) is 4.16. The third-order valence-corrected chi connectivity index (χ3v) is 3.12. The molecular weight excluding hydrogens is 210 g/mol. The molecule has 5 nitrogen and oxygen atoms in total. The van der Waals surface area contributed by atoms with Crippen LogP contribution in [0, 0.1) is 4.77 Å². The molecule has 6 heteroatoms. The average molecular weight is 229 g/mol. The van der Waals surface area contributed by atoms with E-state index in [0.29, 0.717) is 16.8 Å². The van der Waals surface area contributed by atoms with Crippen LogP contribution >= 0.6 is 12.2 Å². The smallest absolute Gasteiger partial charge is 0.220 e. The van der Waals surface area contributed by atoms with E-state index in [4.69, 9.17) is 18.0 Å². The van der Waals surface area contributed by atoms with Crippen molar-refractivity contribution in [1.29, 1.82) is 0 Å². The van der Waals surface area contributed by atoms with E-state index in [1.165, 1.54) is 0 Å². The highest BCUT2D eigenvalue weighted by Crippen LogP contribution is 2.03. The summed E-state index contributed by atoms with van der Waals surface area (Å²) < 4.78 is 2.40. The zero-order chi connectivity index (χ0) is 11.4. The Bertz CT molecular complexity index is 356. The van der Waals surface area contributed by atoms with E-state index in [9.17, 15) is 0 Å². The number of nitrogens with zero attached hydrogens (tertiary/aromatic N) is 3. The van der Waals surface area contributed by atoms with Crippen molar-refractivity contribution in [2.24, 2.45) is 0 Å². The molecular formula is C9H19N5S. The van der Waals surface area contributed by atoms with Gasteiger partial charge in [0.25, 0.3) is 0 Å². The minimum Gasteiger partial charge on any atom is -0.368 e. The lowest BCUT2D eigenvalue weighted by Gasteiger charge is -2.23. The van der Waals surface area contributed by atoms with E-state index < -0.39 is 0 Å². The number of hydrogen-bond donors (Lipinski definition) is 2. The van der Waals surface area contributed by atoms with Gasteiger partial charge in [-0.1, -0.05) is 6.92 Å². The van der Waals surface area contributed by atoms with E-state index in [0.717, 1.165) is 19.5 Å². The van der Waals surface area contributed by atoms with Crippen molar-refractivity contribution in [2.75, 3.05) is 19.3 Å². The minimum absolute atomic E-state index is 0.456. The molecule has 86 valence electrons. The number of aromatic nitrogens is 3. The van der Waals surface area contributed by atoms with Crippen LogP contribution in [-0.4, -0.2) is 39.3 Å². The number of aromatic amines is 1. The summed E-state index contributed by atoms with van der Waals surface area (Å²) in [6.07, 6.45) is 1.14. The second kappa shape index (κ2) is 5.27. The maximum absolute atomic E-state index is 5.67. The van der Waals surface area contributed by atoms with Gasteiger partial charge in [-0.15, -0.1) is 5.10 Å². The highest BCUT2D eigenvalue weighted by atomic mass is 32.1. The molecule has 0 amide bonds. The molecule has 0 bridgehead atoms. The first-order valence-electron chi connectivity index (χ1n) is 5.17. The van der Waals surface area contributed by atoms with E-state index in [-0.39, 0.29) is 0 Å². The van der Waals surface area contributed by atoms with Crippen LogP contribution in [0.5, 0.6) is 0 Å². The van der Waals surface area contributed by atoms with Crippen LogP contribution in [0.4, 0.5) is 5.95 Å². The fourth-order valence-electron chi connectivity index (χ4n) is 1.34. The Hall–Kier alpha value is -0.880. The molecule has 15 heavy (non-hydrogen) atoms. The molecule has 0 aliphatic carbocycles. The van der Waals surface area contributed by atoms with Crippen LogP contribution in [0.15, 0.2) is 0 Å². The predicted molar refractivity (Wildman–Crippen MR) is 64.2 cm³/mol. The molecule has 1 atom stereocenters. The molecule has 0 aromatic carbocycles. The Morgan fingerprint density at radius 3 is 2.80 bits per heavy atom. The maximum atomic E-state index is 5.67.